The van der Waals surface area contributed by atoms with Crippen molar-refractivity contribution < 1.29 is 22.4 Å². The van der Waals surface area contributed by atoms with E-state index in [9.17, 15) is 22.4 Å². The van der Waals surface area contributed by atoms with Gasteiger partial charge >= 0.3 is 0 Å². The quantitative estimate of drug-likeness (QED) is 0.710. The molecule has 1 aliphatic heterocycles. The summed E-state index contributed by atoms with van der Waals surface area (Å²) in [6.07, 6.45) is 0.831. The summed E-state index contributed by atoms with van der Waals surface area (Å²) in [6, 6.07) is 6.59. The number of amides is 2. The van der Waals surface area contributed by atoms with Crippen LogP contribution >= 0.6 is 11.3 Å². The SMILES string of the molecule is N#CC1CCN(S(=O)(=O)c2ccc(F)c(C(=O)NNC(=O)c3ccsc3)c2)CC1. The lowest BCUT2D eigenvalue weighted by Crippen LogP contribution is -2.42. The smallest absolute Gasteiger partial charge is 0.267 e. The van der Waals surface area contributed by atoms with E-state index in [1.165, 1.54) is 15.6 Å². The number of carbonyl (C=O) groups excluding carboxylic acids is 2. The van der Waals surface area contributed by atoms with Gasteiger partial charge in [-0.05, 0) is 42.5 Å². The molecule has 2 heterocycles. The Kier molecular flexibility index (Phi) is 6.26. The van der Waals surface area contributed by atoms with E-state index >= 15 is 0 Å². The Labute approximate surface area is 171 Å². The predicted octanol–water partition coefficient (Wildman–Crippen LogP) is 1.89. The summed E-state index contributed by atoms with van der Waals surface area (Å²) in [4.78, 5) is 23.9. The molecule has 0 saturated carbocycles. The third-order valence-corrected chi connectivity index (χ3v) is 7.11. The molecule has 152 valence electrons. The van der Waals surface area contributed by atoms with Crippen molar-refractivity contribution in [3.63, 3.8) is 0 Å². The molecule has 0 unspecified atom stereocenters. The summed E-state index contributed by atoms with van der Waals surface area (Å²) in [5, 5.41) is 12.2. The normalized spacial score (nSPS) is 15.4. The van der Waals surface area contributed by atoms with Gasteiger partial charge in [0.25, 0.3) is 11.8 Å². The Morgan fingerprint density at radius 3 is 2.48 bits per heavy atom. The van der Waals surface area contributed by atoms with Gasteiger partial charge in [0.15, 0.2) is 0 Å². The molecule has 0 radical (unpaired) electrons. The maximum absolute atomic E-state index is 14.1. The van der Waals surface area contributed by atoms with E-state index in [2.05, 4.69) is 16.9 Å². The number of hydrogen-bond donors (Lipinski definition) is 2. The fraction of sp³-hybridized carbons (Fsp3) is 0.278. The van der Waals surface area contributed by atoms with Gasteiger partial charge < -0.3 is 0 Å². The fourth-order valence-electron chi connectivity index (χ4n) is 2.86. The molecule has 2 N–H and O–H groups in total. The molecule has 0 aliphatic carbocycles. The van der Waals surface area contributed by atoms with E-state index in [1.54, 1.807) is 16.8 Å². The van der Waals surface area contributed by atoms with E-state index in [0.29, 0.717) is 18.4 Å². The summed E-state index contributed by atoms with van der Waals surface area (Å²) in [6.45, 7) is 0.354. The minimum atomic E-state index is -3.94. The Morgan fingerprint density at radius 1 is 1.17 bits per heavy atom. The minimum absolute atomic E-state index is 0.177. The first-order valence-electron chi connectivity index (χ1n) is 8.65. The molecule has 3 rings (SSSR count). The largest absolute Gasteiger partial charge is 0.272 e. The number of rotatable bonds is 4. The average Bonchev–Trinajstić information content (AvgIpc) is 3.27. The lowest BCUT2D eigenvalue weighted by atomic mass is 10.0. The molecular formula is C18H17FN4O4S2. The van der Waals surface area contributed by atoms with Crippen molar-refractivity contribution in [3.05, 3.63) is 52.0 Å². The third kappa shape index (κ3) is 4.61. The number of hydrazine groups is 1. The lowest BCUT2D eigenvalue weighted by Gasteiger charge is -2.28. The van der Waals surface area contributed by atoms with Crippen molar-refractivity contribution >= 4 is 33.2 Å². The number of hydrogen-bond acceptors (Lipinski definition) is 6. The van der Waals surface area contributed by atoms with Gasteiger partial charge in [-0.3, -0.25) is 20.4 Å². The van der Waals surface area contributed by atoms with Crippen LogP contribution in [0.3, 0.4) is 0 Å². The molecule has 0 atom stereocenters. The number of piperidine rings is 1. The van der Waals surface area contributed by atoms with Crippen LogP contribution in [0.15, 0.2) is 39.9 Å². The van der Waals surface area contributed by atoms with Crippen molar-refractivity contribution in [2.24, 2.45) is 5.92 Å². The maximum atomic E-state index is 14.1. The van der Waals surface area contributed by atoms with Crippen LogP contribution in [0.1, 0.15) is 33.6 Å². The molecule has 1 aliphatic rings. The van der Waals surface area contributed by atoms with E-state index in [4.69, 9.17) is 5.26 Å². The van der Waals surface area contributed by atoms with Gasteiger partial charge in [0.2, 0.25) is 10.0 Å². The van der Waals surface area contributed by atoms with Crippen LogP contribution in [0.25, 0.3) is 0 Å². The van der Waals surface area contributed by atoms with Gasteiger partial charge in [-0.15, -0.1) is 0 Å². The average molecular weight is 436 g/mol. The summed E-state index contributed by atoms with van der Waals surface area (Å²) in [7, 11) is -3.94. The molecule has 1 aromatic carbocycles. The van der Waals surface area contributed by atoms with Gasteiger partial charge in [0.05, 0.1) is 22.1 Å². The Balaban J connectivity index is 1.74. The zero-order chi connectivity index (χ0) is 21.0. The molecular weight excluding hydrogens is 419 g/mol. The van der Waals surface area contributed by atoms with Gasteiger partial charge in [-0.25, -0.2) is 12.8 Å². The van der Waals surface area contributed by atoms with Crippen molar-refractivity contribution in [2.45, 2.75) is 17.7 Å². The van der Waals surface area contributed by atoms with Crippen LogP contribution in [0.2, 0.25) is 0 Å². The molecule has 1 fully saturated rings. The van der Waals surface area contributed by atoms with Crippen molar-refractivity contribution in [1.29, 1.82) is 5.26 Å². The summed E-state index contributed by atoms with van der Waals surface area (Å²) >= 11 is 1.30. The molecule has 2 amide bonds. The highest BCUT2D eigenvalue weighted by Crippen LogP contribution is 2.24. The van der Waals surface area contributed by atoms with Crippen LogP contribution in [0.5, 0.6) is 0 Å². The molecule has 8 nitrogen and oxygen atoms in total. The van der Waals surface area contributed by atoms with E-state index < -0.39 is 33.2 Å². The predicted molar refractivity (Wildman–Crippen MR) is 103 cm³/mol. The molecule has 0 spiro atoms. The summed E-state index contributed by atoms with van der Waals surface area (Å²) < 4.78 is 41.0. The topological polar surface area (TPSA) is 119 Å². The maximum Gasteiger partial charge on any atom is 0.272 e. The molecule has 2 aromatic rings. The fourth-order valence-corrected chi connectivity index (χ4v) is 4.99. The zero-order valence-corrected chi connectivity index (χ0v) is 16.7. The van der Waals surface area contributed by atoms with Gasteiger partial charge in [-0.2, -0.15) is 20.9 Å². The number of sulfonamides is 1. The van der Waals surface area contributed by atoms with Crippen LogP contribution in [0, 0.1) is 23.1 Å². The Hall–Kier alpha value is -2.81. The highest BCUT2D eigenvalue weighted by molar-refractivity contribution is 7.89. The van der Waals surface area contributed by atoms with Gasteiger partial charge in [0.1, 0.15) is 5.82 Å². The van der Waals surface area contributed by atoms with Crippen molar-refractivity contribution in [3.8, 4) is 6.07 Å². The highest BCUT2D eigenvalue weighted by atomic mass is 32.2. The number of nitrogens with zero attached hydrogens (tertiary/aromatic N) is 2. The molecule has 11 heteroatoms. The Bertz CT molecular complexity index is 1060. The zero-order valence-electron chi connectivity index (χ0n) is 15.1. The molecule has 1 aromatic heterocycles. The second-order valence-electron chi connectivity index (χ2n) is 6.37. The summed E-state index contributed by atoms with van der Waals surface area (Å²) in [5.74, 6) is -2.67. The van der Waals surface area contributed by atoms with Crippen LogP contribution in [0.4, 0.5) is 4.39 Å². The van der Waals surface area contributed by atoms with E-state index in [0.717, 1.165) is 18.2 Å². The van der Waals surface area contributed by atoms with Crippen molar-refractivity contribution in [2.75, 3.05) is 13.1 Å². The van der Waals surface area contributed by atoms with Crippen LogP contribution < -0.4 is 10.9 Å². The second kappa shape index (κ2) is 8.69. The standard InChI is InChI=1S/C18H17FN4O4S2/c19-16-2-1-14(29(26,27)23-6-3-12(10-20)4-7-23)9-15(16)18(25)22-21-17(24)13-5-8-28-11-13/h1-2,5,8-9,11-12H,3-4,6-7H2,(H,21,24)(H,22,25). The second-order valence-corrected chi connectivity index (χ2v) is 9.09. The third-order valence-electron chi connectivity index (χ3n) is 4.53. The molecule has 29 heavy (non-hydrogen) atoms. The van der Waals surface area contributed by atoms with Crippen LogP contribution in [-0.4, -0.2) is 37.6 Å². The van der Waals surface area contributed by atoms with E-state index in [-0.39, 0.29) is 23.9 Å². The number of thiophene rings is 1. The van der Waals surface area contributed by atoms with E-state index in [1.807, 2.05) is 0 Å². The first-order valence-corrected chi connectivity index (χ1v) is 11.0. The number of carbonyl (C=O) groups is 2. The van der Waals surface area contributed by atoms with Crippen molar-refractivity contribution in [1.82, 2.24) is 15.2 Å². The number of nitriles is 1. The first kappa shape index (κ1) is 20.9. The number of nitrogens with one attached hydrogen (secondary N) is 2. The van der Waals surface area contributed by atoms with Gasteiger partial charge in [-0.1, -0.05) is 0 Å². The number of halogens is 1. The highest BCUT2D eigenvalue weighted by Gasteiger charge is 2.30. The number of benzene rings is 1. The summed E-state index contributed by atoms with van der Waals surface area (Å²) in [5.41, 5.74) is 4.05. The Morgan fingerprint density at radius 2 is 1.86 bits per heavy atom. The van der Waals surface area contributed by atoms with Gasteiger partial charge in [0, 0.05) is 24.4 Å². The lowest BCUT2D eigenvalue weighted by molar-refractivity contribution is 0.0844. The first-order chi connectivity index (χ1) is 13.8. The monoisotopic (exact) mass is 436 g/mol. The minimum Gasteiger partial charge on any atom is -0.267 e. The van der Waals surface area contributed by atoms with Crippen LogP contribution in [-0.2, 0) is 10.0 Å². The molecule has 0 bridgehead atoms. The molecule has 1 saturated heterocycles.